The van der Waals surface area contributed by atoms with Crippen molar-refractivity contribution in [3.05, 3.63) is 106 Å². The Bertz CT molecular complexity index is 2240. The highest BCUT2D eigenvalue weighted by molar-refractivity contribution is 8.02. The van der Waals surface area contributed by atoms with Gasteiger partial charge in [-0.1, -0.05) is 54.2 Å². The molecule has 0 spiro atoms. The van der Waals surface area contributed by atoms with Crippen molar-refractivity contribution in [3.8, 4) is 11.5 Å². The minimum atomic E-state index is -1.36. The fraction of sp³-hybridized carbons (Fsp3) is 0.152. The molecule has 1 unspecified atom stereocenters. The Kier molecular flexibility index (Phi) is 8.52. The van der Waals surface area contributed by atoms with Crippen molar-refractivity contribution in [3.63, 3.8) is 0 Å². The first kappa shape index (κ1) is 32.2. The van der Waals surface area contributed by atoms with Gasteiger partial charge in [0.05, 0.1) is 15.6 Å². The molecule has 3 atom stereocenters. The van der Waals surface area contributed by atoms with Gasteiger partial charge in [-0.25, -0.2) is 9.78 Å². The van der Waals surface area contributed by atoms with Gasteiger partial charge in [0, 0.05) is 17.6 Å². The number of phenols is 2. The minimum Gasteiger partial charge on any atom is -0.504 e. The van der Waals surface area contributed by atoms with E-state index in [2.05, 4.69) is 15.6 Å². The van der Waals surface area contributed by atoms with Crippen LogP contribution in [-0.4, -0.2) is 71.8 Å². The van der Waals surface area contributed by atoms with Gasteiger partial charge in [-0.15, -0.1) is 23.1 Å². The molecule has 5 N–H and O–H groups in total. The van der Waals surface area contributed by atoms with Gasteiger partial charge in [-0.2, -0.15) is 0 Å². The first-order valence-electron chi connectivity index (χ1n) is 14.6. The number of hydrogen-bond acceptors (Lipinski definition) is 12. The molecule has 0 radical (unpaired) electrons. The number of amides is 3. The Morgan fingerprint density at radius 3 is 2.53 bits per heavy atom. The maximum atomic E-state index is 13.7. The van der Waals surface area contributed by atoms with Crippen molar-refractivity contribution < 1.29 is 38.9 Å². The second-order valence-corrected chi connectivity index (χ2v) is 14.4. The Morgan fingerprint density at radius 2 is 1.78 bits per heavy atom. The zero-order valence-electron chi connectivity index (χ0n) is 25.0. The summed E-state index contributed by atoms with van der Waals surface area (Å²) in [5, 5.41) is 34.0. The van der Waals surface area contributed by atoms with E-state index in [1.54, 1.807) is 30.3 Å². The molecule has 2 aliphatic rings. The van der Waals surface area contributed by atoms with Crippen LogP contribution in [-0.2, 0) is 14.4 Å². The van der Waals surface area contributed by atoms with E-state index in [-0.39, 0.29) is 16.7 Å². The number of thiazole rings is 1. The van der Waals surface area contributed by atoms with E-state index in [9.17, 15) is 39.3 Å². The lowest BCUT2D eigenvalue weighted by Crippen LogP contribution is -2.71. The summed E-state index contributed by atoms with van der Waals surface area (Å²) < 4.78 is 7.13. The lowest BCUT2D eigenvalue weighted by Gasteiger charge is -2.49. The molecular formula is C33H24N4O9S3. The van der Waals surface area contributed by atoms with E-state index in [1.165, 1.54) is 39.8 Å². The van der Waals surface area contributed by atoms with Crippen LogP contribution in [0.4, 0.5) is 0 Å². The van der Waals surface area contributed by atoms with Crippen LogP contribution < -0.4 is 16.1 Å². The number of nitrogens with one attached hydrogen (secondary N) is 2. The van der Waals surface area contributed by atoms with Gasteiger partial charge in [0.15, 0.2) is 15.8 Å². The van der Waals surface area contributed by atoms with Gasteiger partial charge in [0.1, 0.15) is 40.6 Å². The van der Waals surface area contributed by atoms with Crippen LogP contribution in [0.5, 0.6) is 11.5 Å². The van der Waals surface area contributed by atoms with Crippen molar-refractivity contribution in [1.82, 2.24) is 20.5 Å². The average Bonchev–Trinajstić information content (AvgIpc) is 3.52. The van der Waals surface area contributed by atoms with Gasteiger partial charge in [-0.3, -0.25) is 24.1 Å². The Morgan fingerprint density at radius 1 is 1.04 bits per heavy atom. The molecular weight excluding hydrogens is 693 g/mol. The highest BCUT2D eigenvalue weighted by atomic mass is 32.2. The number of aliphatic carboxylic acids is 1. The Hall–Kier alpha value is -5.32. The predicted molar refractivity (Wildman–Crippen MR) is 182 cm³/mol. The number of carbonyl (C=O) groups is 4. The molecule has 2 aliphatic heterocycles. The number of carboxylic acid groups (broad SMARTS) is 1. The van der Waals surface area contributed by atoms with Crippen LogP contribution in [0.1, 0.15) is 22.0 Å². The molecule has 5 aromatic rings. The first-order chi connectivity index (χ1) is 23.6. The van der Waals surface area contributed by atoms with Gasteiger partial charge >= 0.3 is 5.97 Å². The van der Waals surface area contributed by atoms with Crippen LogP contribution in [0.25, 0.3) is 21.2 Å². The van der Waals surface area contributed by atoms with Crippen LogP contribution >= 0.6 is 34.9 Å². The fourth-order valence-corrected chi connectivity index (χ4v) is 9.11. The summed E-state index contributed by atoms with van der Waals surface area (Å²) in [5.74, 6) is -4.07. The van der Waals surface area contributed by atoms with E-state index >= 15 is 0 Å². The zero-order valence-corrected chi connectivity index (χ0v) is 27.4. The summed E-state index contributed by atoms with van der Waals surface area (Å²) in [6, 6.07) is 15.4. The number of benzene rings is 3. The zero-order chi connectivity index (χ0) is 34.4. The molecule has 1 saturated heterocycles. The maximum absolute atomic E-state index is 13.7. The number of carboxylic acids is 1. The topological polar surface area (TPSA) is 199 Å². The van der Waals surface area contributed by atoms with Crippen LogP contribution in [0.2, 0.25) is 0 Å². The van der Waals surface area contributed by atoms with E-state index in [4.69, 9.17) is 4.42 Å². The number of nitrogens with zero attached hydrogens (tertiary/aromatic N) is 2. The molecule has 16 heteroatoms. The quantitative estimate of drug-likeness (QED) is 0.0841. The Balaban J connectivity index is 1.09. The number of aromatic nitrogens is 1. The molecule has 0 aliphatic carbocycles. The van der Waals surface area contributed by atoms with E-state index in [0.29, 0.717) is 22.6 Å². The van der Waals surface area contributed by atoms with Crippen molar-refractivity contribution in [2.45, 2.75) is 21.8 Å². The Labute approximate surface area is 288 Å². The number of β-lactam (4-membered cyclic amide) rings is 1. The first-order valence-corrected chi connectivity index (χ1v) is 17.5. The maximum Gasteiger partial charge on any atom is 0.352 e. The summed E-state index contributed by atoms with van der Waals surface area (Å²) in [6.45, 7) is 0. The fourth-order valence-electron chi connectivity index (χ4n) is 5.56. The molecule has 1 fully saturated rings. The van der Waals surface area contributed by atoms with E-state index in [1.807, 2.05) is 24.3 Å². The largest absolute Gasteiger partial charge is 0.504 e. The summed E-state index contributed by atoms with van der Waals surface area (Å²) in [7, 11) is 0. The summed E-state index contributed by atoms with van der Waals surface area (Å²) in [4.78, 5) is 71.8. The van der Waals surface area contributed by atoms with Crippen molar-refractivity contribution in [1.29, 1.82) is 0 Å². The molecule has 2 aromatic heterocycles. The smallest absolute Gasteiger partial charge is 0.352 e. The van der Waals surface area contributed by atoms with Crippen molar-refractivity contribution in [2.75, 3.05) is 11.5 Å². The highest BCUT2D eigenvalue weighted by Crippen LogP contribution is 2.42. The molecule has 3 amide bonds. The van der Waals surface area contributed by atoms with E-state index < -0.39 is 63.6 Å². The van der Waals surface area contributed by atoms with Gasteiger partial charge < -0.3 is 30.4 Å². The standard InChI is InChI=1S/C33H24N4O9S3/c38-20-10-17-22(11-21(20)39)46-12-18(27(17)40)28(41)35-24(15-6-2-1-3-7-15)29(42)36-25-30(43)37-26(32(44)45)16(13-47-31(25)37)14-48-33-34-19-8-4-5-9-23(19)49-33/h1-12,24-25,31,38-39H,13-14H2,(H,35,41)(H,36,42)(H,44,45)/t24?,25-,31+/m1/s1. The monoisotopic (exact) mass is 716 g/mol. The minimum absolute atomic E-state index is 0.0690. The van der Waals surface area contributed by atoms with Crippen molar-refractivity contribution in [2.24, 2.45) is 0 Å². The third-order valence-corrected chi connectivity index (χ3v) is 11.6. The summed E-state index contributed by atoms with van der Waals surface area (Å²) in [6.07, 6.45) is 0.884. The number of fused-ring (bicyclic) bond motifs is 3. The third kappa shape index (κ3) is 5.98. The van der Waals surface area contributed by atoms with Gasteiger partial charge in [0.2, 0.25) is 11.3 Å². The van der Waals surface area contributed by atoms with Crippen LogP contribution in [0.3, 0.4) is 0 Å². The highest BCUT2D eigenvalue weighted by Gasteiger charge is 2.54. The molecule has 49 heavy (non-hydrogen) atoms. The second kappa shape index (κ2) is 12.9. The van der Waals surface area contributed by atoms with Crippen LogP contribution in [0, 0.1) is 0 Å². The molecule has 4 heterocycles. The number of hydrogen-bond donors (Lipinski definition) is 5. The average molecular weight is 717 g/mol. The number of carbonyl (C=O) groups excluding carboxylic acids is 3. The number of thioether (sulfide) groups is 2. The number of phenolic OH excluding ortho intramolecular Hbond substituents is 2. The molecule has 248 valence electrons. The van der Waals surface area contributed by atoms with E-state index in [0.717, 1.165) is 33.0 Å². The number of para-hydroxylation sites is 1. The third-order valence-electron chi connectivity index (χ3n) is 7.98. The summed E-state index contributed by atoms with van der Waals surface area (Å²) >= 11 is 4.21. The van der Waals surface area contributed by atoms with Gasteiger partial charge in [0.25, 0.3) is 11.8 Å². The molecule has 13 nitrogen and oxygen atoms in total. The van der Waals surface area contributed by atoms with Gasteiger partial charge in [-0.05, 0) is 29.3 Å². The summed E-state index contributed by atoms with van der Waals surface area (Å²) in [5.41, 5.74) is 0.291. The number of rotatable bonds is 9. The molecule has 0 bridgehead atoms. The normalized spacial score (nSPS) is 17.8. The SMILES string of the molecule is O=C(O)C1=C(CSc2nc3ccccc3s2)CS[C@H]2[C@H](NC(=O)C(NC(=O)c3coc4cc(O)c(O)cc4c3=O)c3ccccc3)C(=O)N12. The lowest BCUT2D eigenvalue weighted by atomic mass is 10.0. The van der Waals surface area contributed by atoms with Crippen molar-refractivity contribution >= 4 is 79.7 Å². The molecule has 7 rings (SSSR count). The second-order valence-electron chi connectivity index (χ2n) is 11.0. The molecule has 0 saturated carbocycles. The predicted octanol–water partition coefficient (Wildman–Crippen LogP) is 3.82. The van der Waals surface area contributed by atoms with Crippen LogP contribution in [0.15, 0.2) is 97.8 Å². The molecule has 3 aromatic carbocycles. The number of aromatic hydroxyl groups is 2. The lowest BCUT2D eigenvalue weighted by molar-refractivity contribution is -0.151.